The standard InChI is InChI=1S/C46H76NO9P/c1-6-8-10-12-14-15-16-17-18-19-20-21-25-29-33-37-45(49)53-41-44(42-55-57(51,52)54-40-39-47(3,4)5)56-46(50)38-34-30-26-23-22-24-28-32-36-43(48)35-31-27-13-11-9-7-2/h8,10,14-15,17-18,20-21,23-24,26-28,31-32,36,43-44,48H,6-7,9,11-13,16,19,22,25,29-30,33-35,37-42H2,1-5H3/b10-8-,15-14-,18-17-,21-20-,26-23-,28-24-,31-27-,36-32+/t43-,44+/m0/s1. The van der Waals surface area contributed by atoms with Crippen LogP contribution in [0.5, 0.6) is 0 Å². The molecule has 0 fully saturated rings. The molecule has 0 aromatic heterocycles. The van der Waals surface area contributed by atoms with Crippen LogP contribution in [-0.4, -0.2) is 81.2 Å². The molecule has 324 valence electrons. The zero-order valence-electron chi connectivity index (χ0n) is 35.8. The number of esters is 2. The molecular weight excluding hydrogens is 741 g/mol. The Hall–Kier alpha value is -3.11. The quantitative estimate of drug-likeness (QED) is 0.0164. The smallest absolute Gasteiger partial charge is 0.306 e. The lowest BCUT2D eigenvalue weighted by atomic mass is 10.1. The summed E-state index contributed by atoms with van der Waals surface area (Å²) in [5, 5.41) is 10.0. The van der Waals surface area contributed by atoms with E-state index in [1.807, 2.05) is 57.6 Å². The van der Waals surface area contributed by atoms with E-state index >= 15 is 0 Å². The van der Waals surface area contributed by atoms with Gasteiger partial charge >= 0.3 is 11.9 Å². The van der Waals surface area contributed by atoms with Gasteiger partial charge in [-0.2, -0.15) is 0 Å². The zero-order chi connectivity index (χ0) is 42.3. The van der Waals surface area contributed by atoms with Crippen molar-refractivity contribution in [2.75, 3.05) is 47.5 Å². The summed E-state index contributed by atoms with van der Waals surface area (Å²) in [6.07, 6.45) is 44.8. The summed E-state index contributed by atoms with van der Waals surface area (Å²) in [5.74, 6) is -1.00. The number of unbranched alkanes of at least 4 members (excludes halogenated alkanes) is 6. The van der Waals surface area contributed by atoms with E-state index in [0.717, 1.165) is 44.9 Å². The number of hydrogen-bond acceptors (Lipinski definition) is 9. The maximum atomic E-state index is 12.6. The number of ether oxygens (including phenoxy) is 2. The third-order valence-corrected chi connectivity index (χ3v) is 9.13. The minimum Gasteiger partial charge on any atom is -0.756 e. The van der Waals surface area contributed by atoms with E-state index in [9.17, 15) is 24.2 Å². The first-order valence-electron chi connectivity index (χ1n) is 21.1. The van der Waals surface area contributed by atoms with Crippen LogP contribution >= 0.6 is 7.82 Å². The molecule has 10 nitrogen and oxygen atoms in total. The summed E-state index contributed by atoms with van der Waals surface area (Å²) in [7, 11) is 1.05. The maximum absolute atomic E-state index is 12.6. The van der Waals surface area contributed by atoms with Gasteiger partial charge in [-0.25, -0.2) is 0 Å². The molecule has 0 aromatic carbocycles. The lowest BCUT2D eigenvalue weighted by Crippen LogP contribution is -2.37. The molecule has 57 heavy (non-hydrogen) atoms. The van der Waals surface area contributed by atoms with Crippen LogP contribution in [0.1, 0.15) is 123 Å². The fourth-order valence-corrected chi connectivity index (χ4v) is 5.57. The zero-order valence-corrected chi connectivity index (χ0v) is 36.7. The van der Waals surface area contributed by atoms with Crippen molar-refractivity contribution in [2.45, 2.75) is 135 Å². The number of likely N-dealkylation sites (N-methyl/N-ethyl adjacent to an activating group) is 1. The number of nitrogens with zero attached hydrogens (tertiary/aromatic N) is 1. The van der Waals surface area contributed by atoms with Crippen LogP contribution in [0.4, 0.5) is 0 Å². The molecule has 0 radical (unpaired) electrons. The van der Waals surface area contributed by atoms with Crippen molar-refractivity contribution >= 4 is 19.8 Å². The summed E-state index contributed by atoms with van der Waals surface area (Å²) >= 11 is 0. The van der Waals surface area contributed by atoms with Gasteiger partial charge in [0.25, 0.3) is 7.82 Å². The van der Waals surface area contributed by atoms with E-state index in [1.165, 1.54) is 19.3 Å². The van der Waals surface area contributed by atoms with Gasteiger partial charge in [-0.1, -0.05) is 124 Å². The Kier molecular flexibility index (Phi) is 35.2. The van der Waals surface area contributed by atoms with E-state index in [-0.39, 0.29) is 26.1 Å². The molecule has 0 spiro atoms. The second-order valence-electron chi connectivity index (χ2n) is 14.8. The van der Waals surface area contributed by atoms with E-state index in [4.69, 9.17) is 18.5 Å². The van der Waals surface area contributed by atoms with Gasteiger partial charge in [0.05, 0.1) is 33.9 Å². The van der Waals surface area contributed by atoms with Crippen LogP contribution < -0.4 is 4.89 Å². The number of carbonyl (C=O) groups excluding carboxylic acids is 2. The third-order valence-electron chi connectivity index (χ3n) is 8.17. The first-order chi connectivity index (χ1) is 27.4. The summed E-state index contributed by atoms with van der Waals surface area (Å²) in [4.78, 5) is 37.4. The molecule has 11 heteroatoms. The fraction of sp³-hybridized carbons (Fsp3) is 0.609. The van der Waals surface area contributed by atoms with Gasteiger partial charge < -0.3 is 33.0 Å². The summed E-state index contributed by atoms with van der Waals surface area (Å²) < 4.78 is 33.7. The van der Waals surface area contributed by atoms with Crippen molar-refractivity contribution in [3.63, 3.8) is 0 Å². The van der Waals surface area contributed by atoms with Crippen LogP contribution in [0, 0.1) is 0 Å². The third kappa shape index (κ3) is 40.9. The van der Waals surface area contributed by atoms with Crippen molar-refractivity contribution in [1.29, 1.82) is 0 Å². The molecule has 0 aliphatic heterocycles. The Morgan fingerprint density at radius 2 is 1.23 bits per heavy atom. The molecule has 0 saturated carbocycles. The molecule has 0 aliphatic rings. The highest BCUT2D eigenvalue weighted by atomic mass is 31.2. The second-order valence-corrected chi connectivity index (χ2v) is 16.2. The van der Waals surface area contributed by atoms with Crippen molar-refractivity contribution in [3.8, 4) is 0 Å². The average molecular weight is 818 g/mol. The van der Waals surface area contributed by atoms with Crippen molar-refractivity contribution in [2.24, 2.45) is 0 Å². The first kappa shape index (κ1) is 53.9. The van der Waals surface area contributed by atoms with Gasteiger partial charge in [0, 0.05) is 12.8 Å². The molecular formula is C46H76NO9P. The second kappa shape index (κ2) is 37.2. The Balaban J connectivity index is 4.65. The highest BCUT2D eigenvalue weighted by molar-refractivity contribution is 7.45. The number of phosphoric ester groups is 1. The average Bonchev–Trinajstić information content (AvgIpc) is 3.15. The molecule has 1 N–H and O–H groups in total. The predicted octanol–water partition coefficient (Wildman–Crippen LogP) is 10.1. The number of aliphatic hydroxyl groups is 1. The van der Waals surface area contributed by atoms with E-state index in [2.05, 4.69) is 68.5 Å². The molecule has 1 unspecified atom stereocenters. The van der Waals surface area contributed by atoms with Crippen molar-refractivity contribution < 1.29 is 47.2 Å². The number of aliphatic hydroxyl groups excluding tert-OH is 1. The molecule has 0 aromatic rings. The first-order valence-corrected chi connectivity index (χ1v) is 22.5. The number of rotatable bonds is 36. The van der Waals surface area contributed by atoms with Gasteiger partial charge in [0.1, 0.15) is 19.8 Å². The molecule has 0 bridgehead atoms. The molecule has 0 rings (SSSR count). The van der Waals surface area contributed by atoms with Gasteiger partial charge in [-0.05, 0) is 83.5 Å². The molecule has 0 aliphatic carbocycles. The lowest BCUT2D eigenvalue weighted by Gasteiger charge is -2.28. The molecule has 0 amide bonds. The molecule has 0 saturated heterocycles. The van der Waals surface area contributed by atoms with Gasteiger partial charge in [-0.3, -0.25) is 14.2 Å². The van der Waals surface area contributed by atoms with Crippen molar-refractivity contribution in [1.82, 2.24) is 0 Å². The summed E-state index contributed by atoms with van der Waals surface area (Å²) in [5.41, 5.74) is 0. The lowest BCUT2D eigenvalue weighted by molar-refractivity contribution is -0.870. The van der Waals surface area contributed by atoms with Gasteiger partial charge in [-0.15, -0.1) is 0 Å². The number of allylic oxidation sites excluding steroid dienone is 14. The number of quaternary nitrogens is 1. The molecule has 3 atom stereocenters. The topological polar surface area (TPSA) is 131 Å². The normalized spacial score (nSPS) is 15.1. The van der Waals surface area contributed by atoms with Crippen molar-refractivity contribution in [3.05, 3.63) is 97.2 Å². The van der Waals surface area contributed by atoms with Crippen LogP contribution in [0.15, 0.2) is 97.2 Å². The number of hydrogen-bond donors (Lipinski definition) is 1. The van der Waals surface area contributed by atoms with Gasteiger partial charge in [0.15, 0.2) is 6.10 Å². The molecule has 0 heterocycles. The highest BCUT2D eigenvalue weighted by Gasteiger charge is 2.21. The van der Waals surface area contributed by atoms with E-state index < -0.39 is 38.6 Å². The summed E-state index contributed by atoms with van der Waals surface area (Å²) in [6, 6.07) is 0. The minimum atomic E-state index is -4.67. The van der Waals surface area contributed by atoms with Crippen LogP contribution in [-0.2, 0) is 32.7 Å². The van der Waals surface area contributed by atoms with Crippen LogP contribution in [0.2, 0.25) is 0 Å². The SMILES string of the molecule is CC/C=C\C/C=C\C/C=C\C/C=C\CCCCC(=O)OC[C@H](COP(=O)([O-])OCC[N+](C)(C)C)OC(=O)CCC/C=C\C/C=C\C=C\[C@@H](O)C/C=C\CCCCC. The van der Waals surface area contributed by atoms with Crippen LogP contribution in [0.25, 0.3) is 0 Å². The summed E-state index contributed by atoms with van der Waals surface area (Å²) in [6.45, 7) is 3.84. The van der Waals surface area contributed by atoms with E-state index in [1.54, 1.807) is 6.08 Å². The Morgan fingerprint density at radius 1 is 0.667 bits per heavy atom. The van der Waals surface area contributed by atoms with Crippen LogP contribution in [0.3, 0.4) is 0 Å². The Labute approximate surface area is 346 Å². The Bertz CT molecular complexity index is 1310. The number of carbonyl (C=O) groups is 2. The number of phosphoric acid groups is 1. The fourth-order valence-electron chi connectivity index (χ4n) is 4.84. The largest absolute Gasteiger partial charge is 0.756 e. The Morgan fingerprint density at radius 3 is 1.86 bits per heavy atom. The monoisotopic (exact) mass is 818 g/mol. The van der Waals surface area contributed by atoms with Gasteiger partial charge in [0.2, 0.25) is 0 Å². The highest BCUT2D eigenvalue weighted by Crippen LogP contribution is 2.38. The predicted molar refractivity (Wildman–Crippen MR) is 232 cm³/mol. The maximum Gasteiger partial charge on any atom is 0.306 e. The van der Waals surface area contributed by atoms with E-state index in [0.29, 0.717) is 43.1 Å². The minimum absolute atomic E-state index is 0.0646.